The lowest BCUT2D eigenvalue weighted by molar-refractivity contribution is -0.142. The van der Waals surface area contributed by atoms with Gasteiger partial charge in [0.05, 0.1) is 6.26 Å². The van der Waals surface area contributed by atoms with Crippen LogP contribution in [0.15, 0.2) is 40.3 Å². The molecule has 0 amide bonds. The van der Waals surface area contributed by atoms with Gasteiger partial charge < -0.3 is 9.52 Å². The van der Waals surface area contributed by atoms with Crippen LogP contribution in [0.5, 0.6) is 0 Å². The summed E-state index contributed by atoms with van der Waals surface area (Å²) < 4.78 is 5.53. The van der Waals surface area contributed by atoms with E-state index < -0.39 is 12.0 Å². The van der Waals surface area contributed by atoms with Gasteiger partial charge in [-0.1, -0.05) is 6.07 Å². The fourth-order valence-corrected chi connectivity index (χ4v) is 3.58. The Morgan fingerprint density at radius 2 is 2.37 bits per heavy atom. The number of thiophene rings is 1. The van der Waals surface area contributed by atoms with E-state index in [0.717, 1.165) is 23.6 Å². The number of aliphatic carboxylic acids is 1. The quantitative estimate of drug-likeness (QED) is 0.933. The third-order valence-corrected chi connectivity index (χ3v) is 4.46. The van der Waals surface area contributed by atoms with Gasteiger partial charge in [0, 0.05) is 11.4 Å². The summed E-state index contributed by atoms with van der Waals surface area (Å²) >= 11 is 1.64. The zero-order valence-electron chi connectivity index (χ0n) is 10.4. The molecular weight excluding hydrogens is 262 g/mol. The number of rotatable bonds is 4. The first kappa shape index (κ1) is 12.4. The van der Waals surface area contributed by atoms with E-state index in [0.29, 0.717) is 6.42 Å². The number of furan rings is 1. The lowest BCUT2D eigenvalue weighted by Crippen LogP contribution is -2.38. The summed E-state index contributed by atoms with van der Waals surface area (Å²) in [7, 11) is 0. The van der Waals surface area contributed by atoms with Crippen LogP contribution in [0.1, 0.15) is 29.5 Å². The summed E-state index contributed by atoms with van der Waals surface area (Å²) in [6.45, 7) is 0.792. The molecule has 1 saturated heterocycles. The second-order valence-corrected chi connectivity index (χ2v) is 5.65. The van der Waals surface area contributed by atoms with E-state index >= 15 is 0 Å². The highest BCUT2D eigenvalue weighted by Gasteiger charge is 2.38. The van der Waals surface area contributed by atoms with Crippen LogP contribution in [0.2, 0.25) is 0 Å². The van der Waals surface area contributed by atoms with E-state index in [1.807, 2.05) is 34.5 Å². The number of nitrogens with zero attached hydrogens (tertiary/aromatic N) is 1. The summed E-state index contributed by atoms with van der Waals surface area (Å²) in [6, 6.07) is 7.29. The van der Waals surface area contributed by atoms with Crippen molar-refractivity contribution >= 4 is 17.3 Å². The average molecular weight is 277 g/mol. The molecule has 2 aromatic rings. The summed E-state index contributed by atoms with van der Waals surface area (Å²) in [6.07, 6.45) is 3.26. The first-order valence-electron chi connectivity index (χ1n) is 6.32. The van der Waals surface area contributed by atoms with Crippen LogP contribution in [-0.2, 0) is 4.79 Å². The molecule has 1 aliphatic rings. The van der Waals surface area contributed by atoms with Crippen molar-refractivity contribution in [2.24, 2.45) is 0 Å². The highest BCUT2D eigenvalue weighted by molar-refractivity contribution is 7.10. The Morgan fingerprint density at radius 3 is 3.00 bits per heavy atom. The first-order valence-corrected chi connectivity index (χ1v) is 7.20. The van der Waals surface area contributed by atoms with Crippen molar-refractivity contribution in [1.82, 2.24) is 4.90 Å². The fraction of sp³-hybridized carbons (Fsp3) is 0.357. The van der Waals surface area contributed by atoms with E-state index in [-0.39, 0.29) is 6.04 Å². The monoisotopic (exact) mass is 277 g/mol. The van der Waals surface area contributed by atoms with Crippen LogP contribution in [-0.4, -0.2) is 28.6 Å². The van der Waals surface area contributed by atoms with Crippen molar-refractivity contribution < 1.29 is 14.3 Å². The maximum absolute atomic E-state index is 11.4. The molecule has 0 spiro atoms. The highest BCUT2D eigenvalue weighted by Crippen LogP contribution is 2.36. The maximum atomic E-state index is 11.4. The van der Waals surface area contributed by atoms with Crippen LogP contribution in [0.25, 0.3) is 0 Å². The van der Waals surface area contributed by atoms with Crippen molar-refractivity contribution in [3.05, 3.63) is 46.5 Å². The number of carbonyl (C=O) groups is 1. The van der Waals surface area contributed by atoms with E-state index in [1.165, 1.54) is 0 Å². The van der Waals surface area contributed by atoms with Gasteiger partial charge in [-0.3, -0.25) is 9.69 Å². The molecule has 19 heavy (non-hydrogen) atoms. The van der Waals surface area contributed by atoms with Gasteiger partial charge in [0.2, 0.25) is 0 Å². The average Bonchev–Trinajstić information content (AvgIpc) is 3.12. The van der Waals surface area contributed by atoms with Crippen molar-refractivity contribution in [1.29, 1.82) is 0 Å². The first-order chi connectivity index (χ1) is 9.27. The zero-order valence-corrected chi connectivity index (χ0v) is 11.2. The zero-order chi connectivity index (χ0) is 13.2. The Labute approximate surface area is 115 Å². The second kappa shape index (κ2) is 5.19. The molecule has 2 unspecified atom stereocenters. The van der Waals surface area contributed by atoms with Gasteiger partial charge in [0.25, 0.3) is 0 Å². The number of hydrogen-bond donors (Lipinski definition) is 1. The molecule has 1 aliphatic heterocycles. The molecule has 2 aromatic heterocycles. The minimum atomic E-state index is -0.745. The van der Waals surface area contributed by atoms with Gasteiger partial charge >= 0.3 is 5.97 Å². The summed E-state index contributed by atoms with van der Waals surface area (Å²) in [5.41, 5.74) is 0. The topological polar surface area (TPSA) is 53.7 Å². The van der Waals surface area contributed by atoms with Crippen LogP contribution in [0.4, 0.5) is 0 Å². The molecule has 5 heteroatoms. The molecule has 0 saturated carbocycles. The molecule has 1 N–H and O–H groups in total. The van der Waals surface area contributed by atoms with E-state index in [4.69, 9.17) is 4.42 Å². The molecule has 0 aliphatic carbocycles. The summed E-state index contributed by atoms with van der Waals surface area (Å²) in [4.78, 5) is 14.5. The standard InChI is InChI=1S/C14H15NO3S/c16-14(17)10-4-1-7-15(10)13(11-5-2-8-18-11)12-6-3-9-19-12/h2-3,5-6,8-10,13H,1,4,7H2,(H,16,17). The molecule has 4 nitrogen and oxygen atoms in total. The predicted octanol–water partition coefficient (Wildman–Crippen LogP) is 2.98. The van der Waals surface area contributed by atoms with Gasteiger partial charge in [-0.05, 0) is 36.4 Å². The van der Waals surface area contributed by atoms with Crippen LogP contribution in [0, 0.1) is 0 Å². The van der Waals surface area contributed by atoms with Crippen molar-refractivity contribution in [2.45, 2.75) is 24.9 Å². The SMILES string of the molecule is O=C(O)C1CCCN1C(c1ccco1)c1cccs1. The van der Waals surface area contributed by atoms with E-state index in [9.17, 15) is 9.90 Å². The van der Waals surface area contributed by atoms with Crippen molar-refractivity contribution in [2.75, 3.05) is 6.54 Å². The molecule has 3 rings (SSSR count). The molecule has 100 valence electrons. The molecule has 2 atom stereocenters. The molecular formula is C14H15NO3S. The normalized spacial score (nSPS) is 21.6. The van der Waals surface area contributed by atoms with Crippen LogP contribution < -0.4 is 0 Å². The van der Waals surface area contributed by atoms with Crippen molar-refractivity contribution in [3.63, 3.8) is 0 Å². The largest absolute Gasteiger partial charge is 0.480 e. The molecule has 3 heterocycles. The lowest BCUT2D eigenvalue weighted by atomic mass is 10.1. The van der Waals surface area contributed by atoms with Gasteiger partial charge in [-0.25, -0.2) is 0 Å². The number of likely N-dealkylation sites (tertiary alicyclic amines) is 1. The molecule has 0 aromatic carbocycles. The smallest absolute Gasteiger partial charge is 0.320 e. The Bertz CT molecular complexity index is 501. The van der Waals surface area contributed by atoms with Gasteiger partial charge in [-0.15, -0.1) is 11.3 Å². The summed E-state index contributed by atoms with van der Waals surface area (Å²) in [5.74, 6) is 0.0706. The summed E-state index contributed by atoms with van der Waals surface area (Å²) in [5, 5.41) is 11.4. The number of carboxylic acids is 1. The predicted molar refractivity (Wildman–Crippen MR) is 72.2 cm³/mol. The minimum absolute atomic E-state index is 0.0846. The number of carboxylic acid groups (broad SMARTS) is 1. The molecule has 0 bridgehead atoms. The van der Waals surface area contributed by atoms with Gasteiger partial charge in [0.1, 0.15) is 17.8 Å². The van der Waals surface area contributed by atoms with Crippen LogP contribution in [0.3, 0.4) is 0 Å². The third-order valence-electron chi connectivity index (χ3n) is 3.54. The third kappa shape index (κ3) is 2.31. The van der Waals surface area contributed by atoms with E-state index in [2.05, 4.69) is 0 Å². The lowest BCUT2D eigenvalue weighted by Gasteiger charge is -2.28. The highest BCUT2D eigenvalue weighted by atomic mass is 32.1. The van der Waals surface area contributed by atoms with Gasteiger partial charge in [0.15, 0.2) is 0 Å². The Balaban J connectivity index is 1.98. The maximum Gasteiger partial charge on any atom is 0.320 e. The Hall–Kier alpha value is -1.59. The Morgan fingerprint density at radius 1 is 1.47 bits per heavy atom. The Kier molecular flexibility index (Phi) is 3.40. The number of hydrogen-bond acceptors (Lipinski definition) is 4. The molecule has 0 radical (unpaired) electrons. The van der Waals surface area contributed by atoms with Crippen LogP contribution >= 0.6 is 11.3 Å². The van der Waals surface area contributed by atoms with E-state index in [1.54, 1.807) is 17.6 Å². The van der Waals surface area contributed by atoms with Crippen molar-refractivity contribution in [3.8, 4) is 0 Å². The van der Waals surface area contributed by atoms with Gasteiger partial charge in [-0.2, -0.15) is 0 Å². The minimum Gasteiger partial charge on any atom is -0.480 e. The second-order valence-electron chi connectivity index (χ2n) is 4.67. The molecule has 1 fully saturated rings. The fourth-order valence-electron chi connectivity index (χ4n) is 2.72.